The summed E-state index contributed by atoms with van der Waals surface area (Å²) in [5.41, 5.74) is 5.32. The molecule has 0 spiro atoms. The molecule has 1 N–H and O–H groups in total. The van der Waals surface area contributed by atoms with Crippen molar-refractivity contribution < 1.29 is 4.79 Å². The highest BCUT2D eigenvalue weighted by Crippen LogP contribution is 2.53. The number of Topliss-reactive ketones (excluding diaryl/α,β-unsaturated/α-hetero) is 1. The molecule has 6 nitrogen and oxygen atoms in total. The van der Waals surface area contributed by atoms with Gasteiger partial charge < -0.3 is 5.32 Å². The van der Waals surface area contributed by atoms with E-state index in [1.165, 1.54) is 0 Å². The number of carbonyl (C=O) groups excluding carboxylic acids is 1. The quantitative estimate of drug-likeness (QED) is 0.810. The Hall–Kier alpha value is -3.15. The molecule has 5 rings (SSSR count). The predicted octanol–water partition coefficient (Wildman–Crippen LogP) is 4.71. The Morgan fingerprint density at radius 2 is 2.07 bits per heavy atom. The van der Waals surface area contributed by atoms with Crippen LogP contribution in [0.4, 0.5) is 0 Å². The van der Waals surface area contributed by atoms with Crippen molar-refractivity contribution in [1.29, 1.82) is 0 Å². The molecule has 3 aliphatic rings. The Balaban J connectivity index is 1.74. The second-order valence-corrected chi connectivity index (χ2v) is 9.09. The number of azo groups is 1. The van der Waals surface area contributed by atoms with E-state index in [2.05, 4.69) is 58.4 Å². The monoisotopic (exact) mass is 399 g/mol. The summed E-state index contributed by atoms with van der Waals surface area (Å²) in [7, 11) is 0. The van der Waals surface area contributed by atoms with E-state index >= 15 is 0 Å². The fraction of sp³-hybridized carbons (Fsp3) is 0.375. The van der Waals surface area contributed by atoms with Crippen molar-refractivity contribution in [3.8, 4) is 11.3 Å². The lowest BCUT2D eigenvalue weighted by molar-refractivity contribution is -0.119. The summed E-state index contributed by atoms with van der Waals surface area (Å²) in [5.74, 6) is 0.217. The zero-order valence-electron chi connectivity index (χ0n) is 17.5. The van der Waals surface area contributed by atoms with Crippen LogP contribution in [0.5, 0.6) is 0 Å². The Morgan fingerprint density at radius 3 is 2.83 bits per heavy atom. The number of nitrogens with zero attached hydrogens (tertiary/aromatic N) is 4. The number of carbonyl (C=O) groups is 1. The van der Waals surface area contributed by atoms with Crippen molar-refractivity contribution in [2.24, 2.45) is 15.6 Å². The standard InChI is InChI=1S/C24H25N5O/c1-4-24(16-7-5-6-15(10-16)18-8-9-25-14-26-18)17-13-27-29-22(17)28-19-11-23(2,3)12-20(30)21(19)24/h5-10,13-14,22,28H,4,11-12H2,1-3H3/t22?,24-/m1/s1. The van der Waals surface area contributed by atoms with Gasteiger partial charge in [0.15, 0.2) is 11.9 Å². The summed E-state index contributed by atoms with van der Waals surface area (Å²) in [6.07, 6.45) is 7.08. The molecular formula is C24H25N5O. The average Bonchev–Trinajstić information content (AvgIpc) is 3.21. The number of aromatic nitrogens is 2. The van der Waals surface area contributed by atoms with Gasteiger partial charge >= 0.3 is 0 Å². The summed E-state index contributed by atoms with van der Waals surface area (Å²) >= 11 is 0. The highest BCUT2D eigenvalue weighted by atomic mass is 16.1. The molecule has 2 aromatic rings. The molecule has 2 atom stereocenters. The van der Waals surface area contributed by atoms with Gasteiger partial charge in [0.1, 0.15) is 6.33 Å². The van der Waals surface area contributed by atoms with Crippen molar-refractivity contribution >= 4 is 5.78 Å². The third-order valence-electron chi connectivity index (χ3n) is 6.54. The van der Waals surface area contributed by atoms with Crippen LogP contribution < -0.4 is 5.32 Å². The first-order valence-electron chi connectivity index (χ1n) is 10.5. The molecule has 1 aromatic heterocycles. The molecule has 0 saturated carbocycles. The SMILES string of the molecule is CC[C@@]1(c2cccc(-c3ccncn3)c2)C2=CN=NC2NC2=C1C(=O)CC(C)(C)C2. The maximum absolute atomic E-state index is 13.5. The molecule has 152 valence electrons. The normalized spacial score (nSPS) is 26.7. The van der Waals surface area contributed by atoms with Crippen molar-refractivity contribution in [3.63, 3.8) is 0 Å². The minimum atomic E-state index is -0.536. The van der Waals surface area contributed by atoms with Crippen LogP contribution in [0, 0.1) is 5.41 Å². The van der Waals surface area contributed by atoms with E-state index in [1.54, 1.807) is 12.5 Å². The van der Waals surface area contributed by atoms with Gasteiger partial charge in [0.05, 0.1) is 17.3 Å². The number of rotatable bonds is 3. The van der Waals surface area contributed by atoms with Gasteiger partial charge in [-0.3, -0.25) is 4.79 Å². The van der Waals surface area contributed by atoms with Crippen molar-refractivity contribution in [3.05, 3.63) is 71.5 Å². The number of ketones is 1. The van der Waals surface area contributed by atoms with Crippen LogP contribution in [0.15, 0.2) is 76.1 Å². The van der Waals surface area contributed by atoms with Gasteiger partial charge in [-0.2, -0.15) is 10.2 Å². The molecule has 1 unspecified atom stereocenters. The van der Waals surface area contributed by atoms with Crippen LogP contribution >= 0.6 is 0 Å². The summed E-state index contributed by atoms with van der Waals surface area (Å²) < 4.78 is 0. The number of hydrogen-bond acceptors (Lipinski definition) is 6. The number of fused-ring (bicyclic) bond motifs is 1. The number of nitrogens with one attached hydrogen (secondary N) is 1. The van der Waals surface area contributed by atoms with Gasteiger partial charge in [-0.15, -0.1) is 0 Å². The number of benzene rings is 1. The van der Waals surface area contributed by atoms with Gasteiger partial charge in [0.25, 0.3) is 0 Å². The highest BCUT2D eigenvalue weighted by Gasteiger charge is 2.52. The maximum Gasteiger partial charge on any atom is 0.164 e. The third-order valence-corrected chi connectivity index (χ3v) is 6.54. The first kappa shape index (κ1) is 18.9. The molecule has 1 aromatic carbocycles. The van der Waals surface area contributed by atoms with Crippen molar-refractivity contribution in [2.45, 2.75) is 51.6 Å². The molecule has 0 fully saturated rings. The molecule has 0 saturated heterocycles. The molecular weight excluding hydrogens is 374 g/mol. The van der Waals surface area contributed by atoms with E-state index in [1.807, 2.05) is 24.4 Å². The zero-order chi connectivity index (χ0) is 20.9. The smallest absolute Gasteiger partial charge is 0.164 e. The third kappa shape index (κ3) is 2.74. The lowest BCUT2D eigenvalue weighted by atomic mass is 9.58. The summed E-state index contributed by atoms with van der Waals surface area (Å²) in [4.78, 5) is 22.0. The fourth-order valence-electron chi connectivity index (χ4n) is 5.30. The van der Waals surface area contributed by atoms with Gasteiger partial charge in [-0.05, 0) is 36.0 Å². The maximum atomic E-state index is 13.5. The molecule has 6 heteroatoms. The van der Waals surface area contributed by atoms with E-state index in [-0.39, 0.29) is 17.4 Å². The predicted molar refractivity (Wildman–Crippen MR) is 114 cm³/mol. The van der Waals surface area contributed by atoms with E-state index < -0.39 is 5.41 Å². The van der Waals surface area contributed by atoms with E-state index in [9.17, 15) is 4.79 Å². The second kappa shape index (κ2) is 6.69. The van der Waals surface area contributed by atoms with Crippen LogP contribution in [0.2, 0.25) is 0 Å². The van der Waals surface area contributed by atoms with Crippen LogP contribution in [0.1, 0.15) is 45.6 Å². The number of hydrogen-bond donors (Lipinski definition) is 1. The summed E-state index contributed by atoms with van der Waals surface area (Å²) in [6.45, 7) is 6.46. The Bertz CT molecular complexity index is 1120. The van der Waals surface area contributed by atoms with Crippen molar-refractivity contribution in [2.75, 3.05) is 0 Å². The lowest BCUT2D eigenvalue weighted by Gasteiger charge is -2.47. The largest absolute Gasteiger partial charge is 0.362 e. The van der Waals surface area contributed by atoms with Crippen LogP contribution in [-0.2, 0) is 10.2 Å². The Labute approximate surface area is 176 Å². The average molecular weight is 399 g/mol. The van der Waals surface area contributed by atoms with E-state index in [0.29, 0.717) is 6.42 Å². The minimum absolute atomic E-state index is 0.0673. The van der Waals surface area contributed by atoms with Crippen LogP contribution in [-0.4, -0.2) is 21.9 Å². The highest BCUT2D eigenvalue weighted by molar-refractivity contribution is 6.01. The summed E-state index contributed by atoms with van der Waals surface area (Å²) in [6, 6.07) is 10.3. The van der Waals surface area contributed by atoms with Crippen LogP contribution in [0.3, 0.4) is 0 Å². The molecule has 2 aliphatic heterocycles. The molecule has 1 aliphatic carbocycles. The molecule has 30 heavy (non-hydrogen) atoms. The molecule has 0 amide bonds. The number of allylic oxidation sites excluding steroid dienone is 2. The van der Waals surface area contributed by atoms with Crippen molar-refractivity contribution in [1.82, 2.24) is 15.3 Å². The van der Waals surface area contributed by atoms with Gasteiger partial charge in [-0.1, -0.05) is 39.0 Å². The fourth-order valence-corrected chi connectivity index (χ4v) is 5.30. The lowest BCUT2D eigenvalue weighted by Crippen LogP contribution is -2.51. The second-order valence-electron chi connectivity index (χ2n) is 9.09. The topological polar surface area (TPSA) is 79.6 Å². The van der Waals surface area contributed by atoms with E-state index in [0.717, 1.165) is 46.5 Å². The minimum Gasteiger partial charge on any atom is -0.362 e. The zero-order valence-corrected chi connectivity index (χ0v) is 17.5. The van der Waals surface area contributed by atoms with E-state index in [4.69, 9.17) is 0 Å². The summed E-state index contributed by atoms with van der Waals surface area (Å²) in [5, 5.41) is 12.2. The first-order valence-corrected chi connectivity index (χ1v) is 10.5. The molecule has 0 radical (unpaired) electrons. The Morgan fingerprint density at radius 1 is 1.20 bits per heavy atom. The first-order chi connectivity index (χ1) is 14.4. The molecule has 3 heterocycles. The van der Waals surface area contributed by atoms with Gasteiger partial charge in [-0.25, -0.2) is 9.97 Å². The van der Waals surface area contributed by atoms with Gasteiger partial charge in [0.2, 0.25) is 0 Å². The molecule has 0 bridgehead atoms. The van der Waals surface area contributed by atoms with Gasteiger partial charge in [0, 0.05) is 35.0 Å². The van der Waals surface area contributed by atoms with Crippen LogP contribution in [0.25, 0.3) is 11.3 Å². The Kier molecular flexibility index (Phi) is 4.20.